The van der Waals surface area contributed by atoms with Gasteiger partial charge in [0, 0.05) is 5.41 Å². The van der Waals surface area contributed by atoms with Gasteiger partial charge in [0.05, 0.1) is 32.8 Å². The van der Waals surface area contributed by atoms with Gasteiger partial charge < -0.3 is 14.2 Å². The molecular formula is C13H24O4. The Morgan fingerprint density at radius 2 is 2.00 bits per heavy atom. The zero-order valence-corrected chi connectivity index (χ0v) is 11.4. The van der Waals surface area contributed by atoms with Crippen molar-refractivity contribution in [1.82, 2.24) is 0 Å². The van der Waals surface area contributed by atoms with Gasteiger partial charge in [-0.1, -0.05) is 6.92 Å². The second kappa shape index (κ2) is 5.83. The number of hydrogen-bond donors (Lipinski definition) is 0. The lowest BCUT2D eigenvalue weighted by atomic mass is 9.84. The average molecular weight is 244 g/mol. The highest BCUT2D eigenvalue weighted by atomic mass is 16.6. The topological polar surface area (TPSA) is 44.8 Å². The standard InChI is InChI=1S/C13H24O4/c1-5-13(9-16-10-13)8-15-7-6-11(14)17-12(2,3)4/h5-10H2,1-4H3. The van der Waals surface area contributed by atoms with Crippen LogP contribution in [0.1, 0.15) is 40.5 Å². The molecule has 4 nitrogen and oxygen atoms in total. The molecule has 4 heteroatoms. The summed E-state index contributed by atoms with van der Waals surface area (Å²) in [5, 5.41) is 0. The van der Waals surface area contributed by atoms with Crippen molar-refractivity contribution in [3.63, 3.8) is 0 Å². The van der Waals surface area contributed by atoms with Gasteiger partial charge in [-0.2, -0.15) is 0 Å². The Bertz CT molecular complexity index is 245. The van der Waals surface area contributed by atoms with Crippen LogP contribution < -0.4 is 0 Å². The van der Waals surface area contributed by atoms with Gasteiger partial charge in [0.2, 0.25) is 0 Å². The van der Waals surface area contributed by atoms with Crippen molar-refractivity contribution < 1.29 is 19.0 Å². The Balaban J connectivity index is 2.10. The highest BCUT2D eigenvalue weighted by Gasteiger charge is 2.36. The molecule has 0 atom stereocenters. The van der Waals surface area contributed by atoms with Crippen molar-refractivity contribution in [2.24, 2.45) is 5.41 Å². The molecule has 0 saturated carbocycles. The first-order valence-corrected chi connectivity index (χ1v) is 6.24. The van der Waals surface area contributed by atoms with Gasteiger partial charge in [-0.15, -0.1) is 0 Å². The van der Waals surface area contributed by atoms with Crippen LogP contribution in [0.15, 0.2) is 0 Å². The highest BCUT2D eigenvalue weighted by Crippen LogP contribution is 2.31. The molecule has 1 rings (SSSR count). The quantitative estimate of drug-likeness (QED) is 0.530. The fourth-order valence-corrected chi connectivity index (χ4v) is 1.62. The van der Waals surface area contributed by atoms with E-state index in [1.807, 2.05) is 20.8 Å². The van der Waals surface area contributed by atoms with Crippen LogP contribution in [-0.4, -0.2) is 38.0 Å². The van der Waals surface area contributed by atoms with Crippen LogP contribution in [0.5, 0.6) is 0 Å². The van der Waals surface area contributed by atoms with Crippen LogP contribution >= 0.6 is 0 Å². The highest BCUT2D eigenvalue weighted by molar-refractivity contribution is 5.69. The zero-order chi connectivity index (χ0) is 12.9. The molecule has 0 bridgehead atoms. The predicted octanol–water partition coefficient (Wildman–Crippen LogP) is 2.16. The molecule has 0 aromatic heterocycles. The summed E-state index contributed by atoms with van der Waals surface area (Å²) in [6.07, 6.45) is 1.37. The molecule has 17 heavy (non-hydrogen) atoms. The van der Waals surface area contributed by atoms with Gasteiger partial charge in [-0.3, -0.25) is 4.79 Å². The summed E-state index contributed by atoms with van der Waals surface area (Å²) in [4.78, 5) is 11.4. The van der Waals surface area contributed by atoms with E-state index in [1.54, 1.807) is 0 Å². The minimum atomic E-state index is -0.413. The van der Waals surface area contributed by atoms with Crippen LogP contribution in [0.4, 0.5) is 0 Å². The maximum atomic E-state index is 11.4. The lowest BCUT2D eigenvalue weighted by molar-refractivity contribution is -0.162. The first kappa shape index (κ1) is 14.5. The predicted molar refractivity (Wildman–Crippen MR) is 64.8 cm³/mol. The largest absolute Gasteiger partial charge is 0.460 e. The monoisotopic (exact) mass is 244 g/mol. The number of carbonyl (C=O) groups is 1. The van der Waals surface area contributed by atoms with E-state index >= 15 is 0 Å². The minimum Gasteiger partial charge on any atom is -0.460 e. The molecule has 0 spiro atoms. The Labute approximate surface area is 104 Å². The van der Waals surface area contributed by atoms with E-state index in [0.29, 0.717) is 19.6 Å². The van der Waals surface area contributed by atoms with Gasteiger partial charge in [0.1, 0.15) is 5.60 Å². The summed E-state index contributed by atoms with van der Waals surface area (Å²) in [5.41, 5.74) is -0.225. The summed E-state index contributed by atoms with van der Waals surface area (Å²) in [7, 11) is 0. The first-order chi connectivity index (χ1) is 7.87. The molecule has 0 radical (unpaired) electrons. The normalized spacial score (nSPS) is 18.6. The molecule has 1 aliphatic rings. The molecule has 1 heterocycles. The van der Waals surface area contributed by atoms with Gasteiger partial charge in [0.15, 0.2) is 0 Å². The summed E-state index contributed by atoms with van der Waals surface area (Å²) in [5.74, 6) is -0.201. The van der Waals surface area contributed by atoms with Crippen LogP contribution in [0.25, 0.3) is 0 Å². The molecule has 0 aromatic carbocycles. The summed E-state index contributed by atoms with van der Waals surface area (Å²) < 4.78 is 15.9. The van der Waals surface area contributed by atoms with E-state index in [9.17, 15) is 4.79 Å². The molecule has 100 valence electrons. The van der Waals surface area contributed by atoms with E-state index in [-0.39, 0.29) is 11.4 Å². The van der Waals surface area contributed by atoms with Gasteiger partial charge in [0.25, 0.3) is 0 Å². The van der Waals surface area contributed by atoms with Crippen molar-refractivity contribution >= 4 is 5.97 Å². The Morgan fingerprint density at radius 1 is 1.35 bits per heavy atom. The Morgan fingerprint density at radius 3 is 2.41 bits per heavy atom. The number of carbonyl (C=O) groups excluding carboxylic acids is 1. The third kappa shape index (κ3) is 5.04. The average Bonchev–Trinajstić information content (AvgIpc) is 2.13. The molecule has 0 aliphatic carbocycles. The number of hydrogen-bond acceptors (Lipinski definition) is 4. The molecular weight excluding hydrogens is 220 g/mol. The van der Waals surface area contributed by atoms with E-state index in [1.165, 1.54) is 0 Å². The van der Waals surface area contributed by atoms with Crippen LogP contribution in [0.3, 0.4) is 0 Å². The van der Waals surface area contributed by atoms with Gasteiger partial charge in [-0.05, 0) is 27.2 Å². The summed E-state index contributed by atoms with van der Waals surface area (Å²) in [6, 6.07) is 0. The maximum absolute atomic E-state index is 11.4. The summed E-state index contributed by atoms with van der Waals surface area (Å²) in [6.45, 7) is 10.4. The molecule has 1 fully saturated rings. The SMILES string of the molecule is CCC1(COCCC(=O)OC(C)(C)C)COC1. The third-order valence-corrected chi connectivity index (χ3v) is 2.85. The summed E-state index contributed by atoms with van der Waals surface area (Å²) >= 11 is 0. The van der Waals surface area contributed by atoms with Crippen molar-refractivity contribution in [1.29, 1.82) is 0 Å². The number of rotatable bonds is 6. The van der Waals surface area contributed by atoms with E-state index in [2.05, 4.69) is 6.92 Å². The molecule has 1 saturated heterocycles. The van der Waals surface area contributed by atoms with E-state index in [4.69, 9.17) is 14.2 Å². The van der Waals surface area contributed by atoms with Gasteiger partial charge >= 0.3 is 5.97 Å². The number of ether oxygens (including phenoxy) is 3. The van der Waals surface area contributed by atoms with E-state index < -0.39 is 5.60 Å². The van der Waals surface area contributed by atoms with Gasteiger partial charge in [-0.25, -0.2) is 0 Å². The Hall–Kier alpha value is -0.610. The second-order valence-corrected chi connectivity index (χ2v) is 5.74. The molecule has 0 N–H and O–H groups in total. The Kier molecular flexibility index (Phi) is 4.95. The lowest BCUT2D eigenvalue weighted by Crippen LogP contribution is -2.45. The van der Waals surface area contributed by atoms with Crippen LogP contribution in [-0.2, 0) is 19.0 Å². The second-order valence-electron chi connectivity index (χ2n) is 5.74. The first-order valence-electron chi connectivity index (χ1n) is 6.24. The molecule has 1 aliphatic heterocycles. The van der Waals surface area contributed by atoms with Crippen molar-refractivity contribution in [2.45, 2.75) is 46.1 Å². The zero-order valence-electron chi connectivity index (χ0n) is 11.4. The third-order valence-electron chi connectivity index (χ3n) is 2.85. The smallest absolute Gasteiger partial charge is 0.308 e. The van der Waals surface area contributed by atoms with Crippen molar-refractivity contribution in [2.75, 3.05) is 26.4 Å². The molecule has 0 unspecified atom stereocenters. The molecule has 0 aromatic rings. The number of esters is 1. The fourth-order valence-electron chi connectivity index (χ4n) is 1.62. The van der Waals surface area contributed by atoms with Crippen molar-refractivity contribution in [3.05, 3.63) is 0 Å². The van der Waals surface area contributed by atoms with Crippen molar-refractivity contribution in [3.8, 4) is 0 Å². The van der Waals surface area contributed by atoms with E-state index in [0.717, 1.165) is 19.6 Å². The van der Waals surface area contributed by atoms with Crippen LogP contribution in [0.2, 0.25) is 0 Å². The molecule has 0 amide bonds. The lowest BCUT2D eigenvalue weighted by Gasteiger charge is -2.40. The fraction of sp³-hybridized carbons (Fsp3) is 0.923. The van der Waals surface area contributed by atoms with Crippen LogP contribution in [0, 0.1) is 5.41 Å². The maximum Gasteiger partial charge on any atom is 0.308 e. The minimum absolute atomic E-state index is 0.188.